The molecule has 1 aromatic carbocycles. The molecule has 0 radical (unpaired) electrons. The van der Waals surface area contributed by atoms with Gasteiger partial charge < -0.3 is 15.4 Å². The lowest BCUT2D eigenvalue weighted by Gasteiger charge is -2.18. The average Bonchev–Trinajstić information content (AvgIpc) is 2.51. The number of ether oxygens (including phenoxy) is 1. The summed E-state index contributed by atoms with van der Waals surface area (Å²) in [5.41, 5.74) is 0. The van der Waals surface area contributed by atoms with Gasteiger partial charge in [0, 0.05) is 6.54 Å². The van der Waals surface area contributed by atoms with E-state index in [1.807, 2.05) is 37.3 Å². The van der Waals surface area contributed by atoms with Crippen LogP contribution < -0.4 is 15.4 Å². The minimum absolute atomic E-state index is 0. The zero-order valence-corrected chi connectivity index (χ0v) is 18.6. The molecule has 6 nitrogen and oxygen atoms in total. The number of hydrogen-bond acceptors (Lipinski definition) is 4. The minimum Gasteiger partial charge on any atom is -0.492 e. The molecule has 144 valence electrons. The summed E-state index contributed by atoms with van der Waals surface area (Å²) in [5.74, 6) is 1.45. The summed E-state index contributed by atoms with van der Waals surface area (Å²) in [6, 6.07) is 9.58. The summed E-state index contributed by atoms with van der Waals surface area (Å²) < 4.78 is 29.0. The maximum absolute atomic E-state index is 12.1. The second kappa shape index (κ2) is 11.6. The molecule has 0 saturated heterocycles. The maximum Gasteiger partial charge on any atom is 0.191 e. The molecule has 0 atom stereocenters. The third-order valence-corrected chi connectivity index (χ3v) is 5.90. The molecule has 2 N–H and O–H groups in total. The van der Waals surface area contributed by atoms with E-state index in [0.717, 1.165) is 5.75 Å². The van der Waals surface area contributed by atoms with Gasteiger partial charge >= 0.3 is 0 Å². The number of hydrogen-bond donors (Lipinski definition) is 2. The largest absolute Gasteiger partial charge is 0.492 e. The smallest absolute Gasteiger partial charge is 0.191 e. The minimum atomic E-state index is -3.16. The summed E-state index contributed by atoms with van der Waals surface area (Å²) in [4.78, 5) is 4.32. The Kier molecular flexibility index (Phi) is 11.1. The molecule has 0 amide bonds. The molecular weight excluding hydrogens is 453 g/mol. The molecule has 0 unspecified atom stereocenters. The first-order valence-corrected chi connectivity index (χ1v) is 9.84. The molecule has 0 fully saturated rings. The summed E-state index contributed by atoms with van der Waals surface area (Å²) >= 11 is 0. The van der Waals surface area contributed by atoms with Crippen molar-refractivity contribution in [2.24, 2.45) is 4.99 Å². The van der Waals surface area contributed by atoms with Gasteiger partial charge in [-0.1, -0.05) is 18.2 Å². The van der Waals surface area contributed by atoms with Crippen LogP contribution >= 0.6 is 24.0 Å². The van der Waals surface area contributed by atoms with Gasteiger partial charge in [0.05, 0.1) is 23.6 Å². The molecule has 0 spiro atoms. The molecule has 0 bridgehead atoms. The number of nitrogens with one attached hydrogen (secondary N) is 2. The monoisotopic (exact) mass is 483 g/mol. The van der Waals surface area contributed by atoms with Crippen molar-refractivity contribution in [3.63, 3.8) is 0 Å². The Morgan fingerprint density at radius 1 is 1.16 bits per heavy atom. The molecule has 25 heavy (non-hydrogen) atoms. The molecule has 0 aliphatic carbocycles. The van der Waals surface area contributed by atoms with E-state index in [0.29, 0.717) is 25.7 Å². The van der Waals surface area contributed by atoms with Gasteiger partial charge in [-0.15, -0.1) is 24.0 Å². The van der Waals surface area contributed by atoms with E-state index in [1.165, 1.54) is 0 Å². The number of rotatable bonds is 8. The van der Waals surface area contributed by atoms with Crippen LogP contribution in [0, 0.1) is 0 Å². The molecule has 1 rings (SSSR count). The summed E-state index contributed by atoms with van der Waals surface area (Å²) in [6.07, 6.45) is 0. The van der Waals surface area contributed by atoms with Gasteiger partial charge in [-0.25, -0.2) is 8.42 Å². The maximum atomic E-state index is 12.1. The summed E-state index contributed by atoms with van der Waals surface area (Å²) in [5, 5.41) is 6.23. The fraction of sp³-hybridized carbons (Fsp3) is 0.588. The molecule has 8 heteroatoms. The number of sulfone groups is 1. The van der Waals surface area contributed by atoms with Crippen molar-refractivity contribution in [2.75, 3.05) is 32.0 Å². The van der Waals surface area contributed by atoms with E-state index >= 15 is 0 Å². The van der Waals surface area contributed by atoms with Crippen LogP contribution in [0.25, 0.3) is 0 Å². The molecule has 0 aliphatic heterocycles. The van der Waals surface area contributed by atoms with Gasteiger partial charge in [-0.3, -0.25) is 4.99 Å². The van der Waals surface area contributed by atoms with Crippen molar-refractivity contribution < 1.29 is 13.2 Å². The lowest BCUT2D eigenvalue weighted by Crippen LogP contribution is -2.40. The number of aliphatic imine (C=N–C) groups is 1. The van der Waals surface area contributed by atoms with Crippen LogP contribution in [0.3, 0.4) is 0 Å². The van der Waals surface area contributed by atoms with E-state index in [2.05, 4.69) is 15.6 Å². The van der Waals surface area contributed by atoms with Crippen molar-refractivity contribution in [2.45, 2.75) is 32.4 Å². The summed E-state index contributed by atoms with van der Waals surface area (Å²) in [6.45, 7) is 9.08. The zero-order valence-electron chi connectivity index (χ0n) is 15.4. The van der Waals surface area contributed by atoms with E-state index in [4.69, 9.17) is 4.74 Å². The van der Waals surface area contributed by atoms with Gasteiger partial charge in [0.1, 0.15) is 12.4 Å². The van der Waals surface area contributed by atoms with E-state index < -0.39 is 14.6 Å². The Labute approximate surface area is 168 Å². The Balaban J connectivity index is 0.00000576. The third kappa shape index (κ3) is 9.29. The highest BCUT2D eigenvalue weighted by atomic mass is 127. The topological polar surface area (TPSA) is 79.8 Å². The second-order valence-electron chi connectivity index (χ2n) is 6.28. The third-order valence-electron chi connectivity index (χ3n) is 3.31. The van der Waals surface area contributed by atoms with Crippen LogP contribution in [0.2, 0.25) is 0 Å². The Morgan fingerprint density at radius 3 is 2.36 bits per heavy atom. The normalized spacial score (nSPS) is 12.2. The predicted molar refractivity (Wildman–Crippen MR) is 115 cm³/mol. The van der Waals surface area contributed by atoms with Crippen LogP contribution in [0.15, 0.2) is 35.3 Å². The fourth-order valence-electron chi connectivity index (χ4n) is 1.78. The number of para-hydroxylation sites is 1. The first-order chi connectivity index (χ1) is 11.3. The zero-order chi connectivity index (χ0) is 18.1. The van der Waals surface area contributed by atoms with Crippen LogP contribution in [-0.2, 0) is 9.84 Å². The highest BCUT2D eigenvalue weighted by Gasteiger charge is 2.28. The highest BCUT2D eigenvalue weighted by Crippen LogP contribution is 2.15. The Hall–Kier alpha value is -1.03. The molecule has 0 aromatic heterocycles. The van der Waals surface area contributed by atoms with Crippen LogP contribution in [0.5, 0.6) is 5.75 Å². The number of halogens is 1. The quantitative estimate of drug-likeness (QED) is 0.257. The molecule has 0 saturated carbocycles. The van der Waals surface area contributed by atoms with Crippen molar-refractivity contribution in [1.29, 1.82) is 0 Å². The number of guanidine groups is 1. The van der Waals surface area contributed by atoms with Gasteiger partial charge in [-0.2, -0.15) is 0 Å². The van der Waals surface area contributed by atoms with Gasteiger partial charge in [0.2, 0.25) is 0 Å². The van der Waals surface area contributed by atoms with Gasteiger partial charge in [0.15, 0.2) is 15.8 Å². The predicted octanol–water partition coefficient (Wildman–Crippen LogP) is 2.45. The van der Waals surface area contributed by atoms with Crippen LogP contribution in [0.4, 0.5) is 0 Å². The van der Waals surface area contributed by atoms with E-state index in [1.54, 1.807) is 20.8 Å². The van der Waals surface area contributed by atoms with Gasteiger partial charge in [0.25, 0.3) is 0 Å². The Morgan fingerprint density at radius 2 is 1.80 bits per heavy atom. The average molecular weight is 483 g/mol. The first kappa shape index (κ1) is 24.0. The summed E-state index contributed by atoms with van der Waals surface area (Å²) in [7, 11) is -3.16. The SMILES string of the molecule is CCNC(=NCCS(=O)(=O)C(C)(C)C)NCCOc1ccccc1.I. The van der Waals surface area contributed by atoms with Gasteiger partial charge in [-0.05, 0) is 39.8 Å². The Bertz CT molecular complexity index is 614. The molecular formula is C17H30IN3O3S. The lowest BCUT2D eigenvalue weighted by molar-refractivity contribution is 0.322. The molecule has 0 aliphatic rings. The fourth-order valence-corrected chi connectivity index (χ4v) is 2.72. The molecule has 1 aromatic rings. The van der Waals surface area contributed by atoms with Crippen molar-refractivity contribution in [3.8, 4) is 5.75 Å². The number of nitrogens with zero attached hydrogens (tertiary/aromatic N) is 1. The first-order valence-electron chi connectivity index (χ1n) is 8.18. The molecule has 0 heterocycles. The van der Waals surface area contributed by atoms with Crippen LogP contribution in [-0.4, -0.2) is 51.1 Å². The highest BCUT2D eigenvalue weighted by molar-refractivity contribution is 14.0. The van der Waals surface area contributed by atoms with E-state index in [-0.39, 0.29) is 36.3 Å². The van der Waals surface area contributed by atoms with Crippen molar-refractivity contribution >= 4 is 39.8 Å². The lowest BCUT2D eigenvalue weighted by atomic mass is 10.3. The van der Waals surface area contributed by atoms with Crippen molar-refractivity contribution in [3.05, 3.63) is 30.3 Å². The van der Waals surface area contributed by atoms with Crippen molar-refractivity contribution in [1.82, 2.24) is 10.6 Å². The number of benzene rings is 1. The second-order valence-corrected chi connectivity index (χ2v) is 9.14. The van der Waals surface area contributed by atoms with Crippen LogP contribution in [0.1, 0.15) is 27.7 Å². The van der Waals surface area contributed by atoms with E-state index in [9.17, 15) is 8.42 Å². The standard InChI is InChI=1S/C17H29N3O3S.HI/c1-5-18-16(20-12-14-24(21,22)17(2,3)4)19-11-13-23-15-9-7-6-8-10-15;/h6-10H,5,11-14H2,1-4H3,(H2,18,19,20);1H.